The number of likely N-dealkylation sites (tertiary alicyclic amines) is 1. The van der Waals surface area contributed by atoms with Gasteiger partial charge in [-0.15, -0.1) is 0 Å². The van der Waals surface area contributed by atoms with Gasteiger partial charge < -0.3 is 14.1 Å². The van der Waals surface area contributed by atoms with E-state index in [1.165, 1.54) is 0 Å². The quantitative estimate of drug-likeness (QED) is 0.808. The summed E-state index contributed by atoms with van der Waals surface area (Å²) >= 11 is 0. The molecule has 1 saturated heterocycles. The standard InChI is InChI=1S/C16H17N3O3/c1-16(2,3)22-15(20)19-8-11(9-19)14-18-12-6-10(7-17)4-5-13(12)21-14/h4-6,11H,8-9H2,1-3H3. The molecule has 0 bridgehead atoms. The summed E-state index contributed by atoms with van der Waals surface area (Å²) in [6, 6.07) is 7.22. The van der Waals surface area contributed by atoms with E-state index in [2.05, 4.69) is 11.1 Å². The molecule has 0 aliphatic carbocycles. The summed E-state index contributed by atoms with van der Waals surface area (Å²) in [7, 11) is 0. The van der Waals surface area contributed by atoms with Crippen molar-refractivity contribution in [2.45, 2.75) is 32.3 Å². The maximum Gasteiger partial charge on any atom is 0.410 e. The van der Waals surface area contributed by atoms with Crippen LogP contribution in [0.4, 0.5) is 4.79 Å². The molecule has 6 heteroatoms. The highest BCUT2D eigenvalue weighted by Crippen LogP contribution is 2.30. The van der Waals surface area contributed by atoms with Crippen molar-refractivity contribution in [3.63, 3.8) is 0 Å². The lowest BCUT2D eigenvalue weighted by Crippen LogP contribution is -2.50. The van der Waals surface area contributed by atoms with Crippen LogP contribution in [-0.2, 0) is 4.74 Å². The van der Waals surface area contributed by atoms with Crippen LogP contribution in [0.15, 0.2) is 22.6 Å². The van der Waals surface area contributed by atoms with E-state index in [4.69, 9.17) is 14.4 Å². The minimum absolute atomic E-state index is 0.0745. The number of amides is 1. The molecule has 0 N–H and O–H groups in total. The highest BCUT2D eigenvalue weighted by Gasteiger charge is 2.37. The van der Waals surface area contributed by atoms with Crippen molar-refractivity contribution in [1.82, 2.24) is 9.88 Å². The summed E-state index contributed by atoms with van der Waals surface area (Å²) in [6.45, 7) is 6.60. The summed E-state index contributed by atoms with van der Waals surface area (Å²) in [6.07, 6.45) is -0.313. The van der Waals surface area contributed by atoms with Crippen molar-refractivity contribution in [2.75, 3.05) is 13.1 Å². The lowest BCUT2D eigenvalue weighted by molar-refractivity contribution is 0.00621. The predicted molar refractivity (Wildman–Crippen MR) is 79.3 cm³/mol. The number of nitrogens with zero attached hydrogens (tertiary/aromatic N) is 3. The first-order chi connectivity index (χ1) is 10.4. The van der Waals surface area contributed by atoms with Crippen molar-refractivity contribution in [2.24, 2.45) is 0 Å². The van der Waals surface area contributed by atoms with Crippen molar-refractivity contribution < 1.29 is 13.9 Å². The molecule has 1 fully saturated rings. The largest absolute Gasteiger partial charge is 0.444 e. The minimum atomic E-state index is -0.493. The Morgan fingerprint density at radius 3 is 2.82 bits per heavy atom. The van der Waals surface area contributed by atoms with Gasteiger partial charge in [-0.1, -0.05) is 0 Å². The Kier molecular flexibility index (Phi) is 3.28. The fourth-order valence-electron chi connectivity index (χ4n) is 2.30. The molecule has 1 aliphatic heterocycles. The Balaban J connectivity index is 1.68. The Labute approximate surface area is 128 Å². The van der Waals surface area contributed by atoms with Gasteiger partial charge in [0.25, 0.3) is 0 Å². The lowest BCUT2D eigenvalue weighted by atomic mass is 10.0. The van der Waals surface area contributed by atoms with Crippen LogP contribution in [0, 0.1) is 11.3 Å². The number of hydrogen-bond donors (Lipinski definition) is 0. The van der Waals surface area contributed by atoms with E-state index in [1.807, 2.05) is 20.8 Å². The molecular formula is C16H17N3O3. The minimum Gasteiger partial charge on any atom is -0.444 e. The number of ether oxygens (including phenoxy) is 1. The average Bonchev–Trinajstić information content (AvgIpc) is 2.76. The van der Waals surface area contributed by atoms with Crippen LogP contribution in [0.2, 0.25) is 0 Å². The number of oxazole rings is 1. The SMILES string of the molecule is CC(C)(C)OC(=O)N1CC(c2nc3cc(C#N)ccc3o2)C1. The van der Waals surface area contributed by atoms with Crippen molar-refractivity contribution in [1.29, 1.82) is 5.26 Å². The molecule has 0 atom stereocenters. The van der Waals surface area contributed by atoms with E-state index in [9.17, 15) is 4.79 Å². The van der Waals surface area contributed by atoms with E-state index in [0.29, 0.717) is 35.6 Å². The molecule has 1 aromatic carbocycles. The average molecular weight is 299 g/mol. The highest BCUT2D eigenvalue weighted by molar-refractivity contribution is 5.75. The van der Waals surface area contributed by atoms with Gasteiger partial charge in [-0.3, -0.25) is 0 Å². The van der Waals surface area contributed by atoms with Gasteiger partial charge in [-0.25, -0.2) is 9.78 Å². The molecule has 22 heavy (non-hydrogen) atoms. The normalized spacial score (nSPS) is 15.5. The molecular weight excluding hydrogens is 282 g/mol. The van der Waals surface area contributed by atoms with Gasteiger partial charge in [-0.05, 0) is 39.0 Å². The molecule has 1 amide bonds. The molecule has 0 spiro atoms. The van der Waals surface area contributed by atoms with E-state index >= 15 is 0 Å². The molecule has 1 aromatic heterocycles. The fraction of sp³-hybridized carbons (Fsp3) is 0.438. The smallest absolute Gasteiger partial charge is 0.410 e. The van der Waals surface area contributed by atoms with E-state index in [1.54, 1.807) is 23.1 Å². The predicted octanol–water partition coefficient (Wildman–Crippen LogP) is 3.03. The van der Waals surface area contributed by atoms with Gasteiger partial charge >= 0.3 is 6.09 Å². The van der Waals surface area contributed by atoms with E-state index < -0.39 is 5.60 Å². The summed E-state index contributed by atoms with van der Waals surface area (Å²) in [4.78, 5) is 17.9. The number of rotatable bonds is 1. The third-order valence-corrected chi connectivity index (χ3v) is 3.42. The molecule has 0 unspecified atom stereocenters. The van der Waals surface area contributed by atoms with Gasteiger partial charge in [-0.2, -0.15) is 5.26 Å². The van der Waals surface area contributed by atoms with Crippen LogP contribution >= 0.6 is 0 Å². The zero-order valence-corrected chi connectivity index (χ0v) is 12.8. The highest BCUT2D eigenvalue weighted by atomic mass is 16.6. The molecule has 2 aromatic rings. The molecule has 0 radical (unpaired) electrons. The molecule has 1 aliphatic rings. The van der Waals surface area contributed by atoms with E-state index in [0.717, 1.165) is 0 Å². The number of aromatic nitrogens is 1. The van der Waals surface area contributed by atoms with Crippen LogP contribution in [-0.4, -0.2) is 34.7 Å². The van der Waals surface area contributed by atoms with Crippen molar-refractivity contribution >= 4 is 17.2 Å². The number of carbonyl (C=O) groups is 1. The molecule has 2 heterocycles. The molecule has 6 nitrogen and oxygen atoms in total. The maximum atomic E-state index is 11.9. The third-order valence-electron chi connectivity index (χ3n) is 3.42. The van der Waals surface area contributed by atoms with Gasteiger partial charge in [0.2, 0.25) is 5.89 Å². The Bertz CT molecular complexity index is 761. The summed E-state index contributed by atoms with van der Waals surface area (Å²) in [5.41, 5.74) is 1.39. The van der Waals surface area contributed by atoms with Crippen LogP contribution < -0.4 is 0 Å². The Morgan fingerprint density at radius 1 is 1.45 bits per heavy atom. The number of fused-ring (bicyclic) bond motifs is 1. The van der Waals surface area contributed by atoms with Gasteiger partial charge in [0.15, 0.2) is 5.58 Å². The maximum absolute atomic E-state index is 11.9. The first kappa shape index (κ1) is 14.4. The number of hydrogen-bond acceptors (Lipinski definition) is 5. The second kappa shape index (κ2) is 5.02. The first-order valence-electron chi connectivity index (χ1n) is 7.14. The second-order valence-corrected chi connectivity index (χ2v) is 6.43. The Hall–Kier alpha value is -2.55. The van der Waals surface area contributed by atoms with Crippen molar-refractivity contribution in [3.8, 4) is 6.07 Å². The summed E-state index contributed by atoms with van der Waals surface area (Å²) < 4.78 is 11.0. The van der Waals surface area contributed by atoms with E-state index in [-0.39, 0.29) is 12.0 Å². The zero-order chi connectivity index (χ0) is 15.9. The number of benzene rings is 1. The molecule has 0 saturated carbocycles. The topological polar surface area (TPSA) is 79.4 Å². The first-order valence-corrected chi connectivity index (χ1v) is 7.14. The van der Waals surface area contributed by atoms with Crippen LogP contribution in [0.5, 0.6) is 0 Å². The van der Waals surface area contributed by atoms with Crippen LogP contribution in [0.3, 0.4) is 0 Å². The van der Waals surface area contributed by atoms with Gasteiger partial charge in [0, 0.05) is 13.1 Å². The monoisotopic (exact) mass is 299 g/mol. The van der Waals surface area contributed by atoms with Crippen LogP contribution in [0.25, 0.3) is 11.1 Å². The number of nitriles is 1. The van der Waals surface area contributed by atoms with Crippen molar-refractivity contribution in [3.05, 3.63) is 29.7 Å². The molecule has 3 rings (SSSR count). The zero-order valence-electron chi connectivity index (χ0n) is 12.8. The second-order valence-electron chi connectivity index (χ2n) is 6.43. The third kappa shape index (κ3) is 2.75. The van der Waals surface area contributed by atoms with Crippen LogP contribution in [0.1, 0.15) is 38.1 Å². The van der Waals surface area contributed by atoms with Gasteiger partial charge in [0.05, 0.1) is 17.6 Å². The van der Waals surface area contributed by atoms with Gasteiger partial charge in [0.1, 0.15) is 11.1 Å². The summed E-state index contributed by atoms with van der Waals surface area (Å²) in [5, 5.41) is 8.89. The number of carbonyl (C=O) groups excluding carboxylic acids is 1. The fourth-order valence-corrected chi connectivity index (χ4v) is 2.30. The molecule has 114 valence electrons. The Morgan fingerprint density at radius 2 is 2.18 bits per heavy atom. The summed E-state index contributed by atoms with van der Waals surface area (Å²) in [5.74, 6) is 0.676. The lowest BCUT2D eigenvalue weighted by Gasteiger charge is -2.38.